The van der Waals surface area contributed by atoms with Gasteiger partial charge in [-0.15, -0.1) is 14.6 Å². The summed E-state index contributed by atoms with van der Waals surface area (Å²) in [5, 5.41) is 22.3. The largest absolute Gasteiger partial charge is 0.315 e. The molecule has 2 heterocycles. The summed E-state index contributed by atoms with van der Waals surface area (Å²) in [4.78, 5) is 0.500. The Morgan fingerprint density at radius 1 is 1.43 bits per heavy atom. The van der Waals surface area contributed by atoms with Crippen molar-refractivity contribution in [3.63, 3.8) is 0 Å². The minimum atomic E-state index is -3.97. The molecule has 0 amide bonds. The molecule has 1 saturated heterocycles. The molecule has 1 fully saturated rings. The van der Waals surface area contributed by atoms with Gasteiger partial charge < -0.3 is 5.32 Å². The number of aromatic nitrogens is 4. The zero-order chi connectivity index (χ0) is 16.4. The first-order valence-electron chi connectivity index (χ1n) is 6.79. The molecule has 1 atom stereocenters. The Balaban J connectivity index is 2.03. The van der Waals surface area contributed by atoms with E-state index in [0.29, 0.717) is 14.9 Å². The van der Waals surface area contributed by atoms with E-state index in [1.54, 1.807) is 12.1 Å². The van der Waals surface area contributed by atoms with Crippen LogP contribution in [0.3, 0.4) is 0 Å². The molecule has 1 aromatic heterocycles. The maximum absolute atomic E-state index is 12.1. The molecule has 12 heteroatoms. The summed E-state index contributed by atoms with van der Waals surface area (Å²) >= 11 is 3.72. The van der Waals surface area contributed by atoms with Gasteiger partial charge in [0.15, 0.2) is 16.3 Å². The highest BCUT2D eigenvalue weighted by Gasteiger charge is 2.25. The van der Waals surface area contributed by atoms with Crippen LogP contribution in [0.2, 0.25) is 0 Å². The summed E-state index contributed by atoms with van der Waals surface area (Å²) in [5.41, 5.74) is 0.336. The molecular formula is C11H14AlN7O2S2. The van der Waals surface area contributed by atoms with Crippen LogP contribution >= 0.6 is 11.9 Å². The number of nitrogens with one attached hydrogen (secondary N) is 3. The van der Waals surface area contributed by atoms with Crippen LogP contribution < -0.4 is 19.6 Å². The molecule has 1 aliphatic heterocycles. The maximum atomic E-state index is 12.1. The van der Waals surface area contributed by atoms with Crippen LogP contribution in [0.15, 0.2) is 21.9 Å². The fraction of sp³-hybridized carbons (Fsp3) is 0.364. The zero-order valence-corrected chi connectivity index (χ0v) is 14.8. The average molecular weight is 367 g/mol. The van der Waals surface area contributed by atoms with E-state index in [-0.39, 0.29) is 16.8 Å². The van der Waals surface area contributed by atoms with E-state index in [1.165, 1.54) is 11.9 Å². The van der Waals surface area contributed by atoms with Crippen LogP contribution in [0.4, 0.5) is 0 Å². The number of nitrogens with two attached hydrogens (primary N) is 1. The lowest BCUT2D eigenvalue weighted by Gasteiger charge is -2.16. The number of H-pyrrole nitrogens is 1. The Bertz CT molecular complexity index is 791. The lowest BCUT2D eigenvalue weighted by Crippen LogP contribution is -2.26. The van der Waals surface area contributed by atoms with Crippen LogP contribution in [-0.4, -0.2) is 64.5 Å². The normalized spacial score (nSPS) is 18.4. The first-order valence-corrected chi connectivity index (χ1v) is 9.73. The number of nitrogens with zero attached hydrogens (tertiary/aromatic N) is 3. The molecule has 120 valence electrons. The van der Waals surface area contributed by atoms with Crippen molar-refractivity contribution in [2.24, 2.45) is 5.14 Å². The molecule has 0 spiro atoms. The molecule has 0 bridgehead atoms. The highest BCUT2D eigenvalue weighted by molar-refractivity contribution is 7.98. The van der Waals surface area contributed by atoms with Crippen LogP contribution in [0.1, 0.15) is 6.42 Å². The van der Waals surface area contributed by atoms with Gasteiger partial charge >= 0.3 is 0 Å². The fourth-order valence-corrected chi connectivity index (χ4v) is 4.96. The minimum absolute atomic E-state index is 0.00476. The molecule has 0 aliphatic carbocycles. The quantitative estimate of drug-likeness (QED) is 0.361. The van der Waals surface area contributed by atoms with Crippen LogP contribution in [-0.2, 0) is 10.0 Å². The summed E-state index contributed by atoms with van der Waals surface area (Å²) in [6.07, 6.45) is 0.983. The van der Waals surface area contributed by atoms with E-state index in [4.69, 9.17) is 5.14 Å². The minimum Gasteiger partial charge on any atom is -0.315 e. The summed E-state index contributed by atoms with van der Waals surface area (Å²) in [6.45, 7) is 1.79. The van der Waals surface area contributed by atoms with E-state index in [1.807, 2.05) is 0 Å². The Labute approximate surface area is 145 Å². The summed E-state index contributed by atoms with van der Waals surface area (Å²) < 4.78 is 28.2. The summed E-state index contributed by atoms with van der Waals surface area (Å²) in [6, 6.07) is 3.77. The van der Waals surface area contributed by atoms with Gasteiger partial charge in [-0.3, -0.25) is 4.72 Å². The molecule has 2 radical (unpaired) electrons. The second-order valence-corrected chi connectivity index (χ2v) is 8.05. The number of primary sulfonamides is 1. The first-order chi connectivity index (χ1) is 11.0. The van der Waals surface area contributed by atoms with E-state index >= 15 is 0 Å². The fourth-order valence-electron chi connectivity index (χ4n) is 2.34. The molecule has 0 saturated carbocycles. The Kier molecular flexibility index (Phi) is 5.02. The summed E-state index contributed by atoms with van der Waals surface area (Å²) in [7, 11) is -3.97. The summed E-state index contributed by atoms with van der Waals surface area (Å²) in [5.74, 6) is 0.184. The van der Waals surface area contributed by atoms with E-state index in [9.17, 15) is 8.42 Å². The number of sulfonamides is 1. The molecule has 9 nitrogen and oxygen atoms in total. The van der Waals surface area contributed by atoms with Gasteiger partial charge in [-0.1, -0.05) is 6.07 Å². The topological polar surface area (TPSA) is 139 Å². The second-order valence-electron chi connectivity index (χ2n) is 5.05. The van der Waals surface area contributed by atoms with Gasteiger partial charge in [-0.2, -0.15) is 5.21 Å². The number of hydrogen-bond donors (Lipinski definition) is 4. The molecule has 0 unspecified atom stereocenters. The molecule has 1 aromatic carbocycles. The zero-order valence-electron chi connectivity index (χ0n) is 12.0. The van der Waals surface area contributed by atoms with E-state index in [2.05, 4.69) is 47.0 Å². The van der Waals surface area contributed by atoms with Crippen molar-refractivity contribution < 1.29 is 8.42 Å². The highest BCUT2D eigenvalue weighted by Crippen LogP contribution is 2.31. The lowest BCUT2D eigenvalue weighted by atomic mass is 10.2. The third kappa shape index (κ3) is 3.74. The van der Waals surface area contributed by atoms with Crippen molar-refractivity contribution in [1.29, 1.82) is 0 Å². The van der Waals surface area contributed by atoms with Crippen LogP contribution in [0, 0.1) is 0 Å². The Morgan fingerprint density at radius 3 is 2.87 bits per heavy atom. The van der Waals surface area contributed by atoms with Crippen molar-refractivity contribution in [2.75, 3.05) is 13.1 Å². The molecule has 3 rings (SSSR count). The molecule has 23 heavy (non-hydrogen) atoms. The Hall–Kier alpha value is -0.998. The molecule has 5 N–H and O–H groups in total. The third-order valence-electron chi connectivity index (χ3n) is 3.40. The third-order valence-corrected chi connectivity index (χ3v) is 6.02. The predicted molar refractivity (Wildman–Crippen MR) is 86.6 cm³/mol. The standard InChI is InChI=1S/C11H14N7O2S2.Al/c12-22(19,20)10-8(11-14-17-18-15-11)2-1-3-9(10)21-16-7-4-5-13-6-7;/h1,3,7,13,16H,4-6H2,(H2,12,19,20)(H,14,15,17,18);/t7-;/m1./s1. The second kappa shape index (κ2) is 6.86. The number of hydrogen-bond acceptors (Lipinski definition) is 8. The highest BCUT2D eigenvalue weighted by atomic mass is 32.2. The van der Waals surface area contributed by atoms with Gasteiger partial charge in [0.2, 0.25) is 15.8 Å². The van der Waals surface area contributed by atoms with Gasteiger partial charge in [0, 0.05) is 23.0 Å². The lowest BCUT2D eigenvalue weighted by molar-refractivity contribution is 0.596. The van der Waals surface area contributed by atoms with Crippen molar-refractivity contribution >= 4 is 42.7 Å². The maximum Gasteiger partial charge on any atom is 0.239 e. The van der Waals surface area contributed by atoms with Crippen LogP contribution in [0.5, 0.6) is 0 Å². The first kappa shape index (κ1) is 16.8. The number of tetrazole rings is 1. The van der Waals surface area contributed by atoms with Gasteiger partial charge in [-0.05, 0) is 36.2 Å². The smallest absolute Gasteiger partial charge is 0.239 e. The average Bonchev–Trinajstić information content (AvgIpc) is 3.18. The molecule has 2 aromatic rings. The van der Waals surface area contributed by atoms with Crippen molar-refractivity contribution in [3.05, 3.63) is 12.1 Å². The van der Waals surface area contributed by atoms with Crippen molar-refractivity contribution in [1.82, 2.24) is 30.7 Å². The van der Waals surface area contributed by atoms with Gasteiger partial charge in [0.05, 0.1) is 0 Å². The number of rotatable bonds is 5. The molecule has 1 aliphatic rings. The monoisotopic (exact) mass is 367 g/mol. The van der Waals surface area contributed by atoms with Crippen molar-refractivity contribution in [2.45, 2.75) is 22.3 Å². The van der Waals surface area contributed by atoms with Gasteiger partial charge in [-0.25, -0.2) is 13.6 Å². The van der Waals surface area contributed by atoms with Crippen molar-refractivity contribution in [3.8, 4) is 11.4 Å². The SMILES string of the molecule is NS(=O)(=O)c1c(SN[C@@H]2CCNC2)cc[c]([Al])c1-c1nn[nH]n1. The molecular weight excluding hydrogens is 353 g/mol. The van der Waals surface area contributed by atoms with Gasteiger partial charge in [0.25, 0.3) is 0 Å². The predicted octanol–water partition coefficient (Wildman–Crippen LogP) is -1.73. The number of aromatic amines is 1. The van der Waals surface area contributed by atoms with E-state index in [0.717, 1.165) is 19.5 Å². The Morgan fingerprint density at radius 2 is 2.26 bits per heavy atom. The van der Waals surface area contributed by atoms with E-state index < -0.39 is 10.0 Å². The number of benzene rings is 1. The van der Waals surface area contributed by atoms with Gasteiger partial charge in [0.1, 0.15) is 4.90 Å². The van der Waals surface area contributed by atoms with Crippen LogP contribution in [0.25, 0.3) is 11.4 Å².